The molecule has 7 heteroatoms. The van der Waals surface area contributed by atoms with Gasteiger partial charge in [0, 0.05) is 22.8 Å². The fourth-order valence-corrected chi connectivity index (χ4v) is 2.03. The van der Waals surface area contributed by atoms with Gasteiger partial charge in [-0.15, -0.1) is 0 Å². The lowest BCUT2D eigenvalue weighted by atomic mass is 10.1. The van der Waals surface area contributed by atoms with Gasteiger partial charge >= 0.3 is 0 Å². The number of carboxylic acids is 1. The normalized spacial score (nSPS) is 10.8. The van der Waals surface area contributed by atoms with Crippen molar-refractivity contribution in [2.75, 3.05) is 0 Å². The molecule has 0 saturated heterocycles. The Morgan fingerprint density at radius 3 is 2.65 bits per heavy atom. The number of hydrogen-bond donors (Lipinski definition) is 1. The van der Waals surface area contributed by atoms with Crippen molar-refractivity contribution in [1.82, 2.24) is 14.6 Å². The van der Waals surface area contributed by atoms with Crippen LogP contribution in [0.1, 0.15) is 10.4 Å². The van der Waals surface area contributed by atoms with Crippen LogP contribution in [-0.4, -0.2) is 20.6 Å². The van der Waals surface area contributed by atoms with E-state index in [1.54, 1.807) is 24.3 Å². The molecule has 6 nitrogen and oxygen atoms in total. The minimum atomic E-state index is -1.40. The number of benzene rings is 1. The van der Waals surface area contributed by atoms with Gasteiger partial charge in [-0.3, -0.25) is 9.89 Å². The number of carbonyl (C=O) groups excluding carboxylic acids is 1. The van der Waals surface area contributed by atoms with Gasteiger partial charge in [0.1, 0.15) is 0 Å². The molecule has 2 heterocycles. The molecule has 0 spiro atoms. The van der Waals surface area contributed by atoms with Crippen LogP contribution in [0, 0.1) is 0 Å². The van der Waals surface area contributed by atoms with Crippen molar-refractivity contribution in [2.45, 2.75) is 0 Å². The molecule has 0 bridgehead atoms. The van der Waals surface area contributed by atoms with Gasteiger partial charge in [-0.2, -0.15) is 0 Å². The molecule has 1 N–H and O–H groups in total. The highest BCUT2D eigenvalue weighted by atomic mass is 35.5. The Morgan fingerprint density at radius 2 is 2.00 bits per heavy atom. The Labute approximate surface area is 117 Å². The van der Waals surface area contributed by atoms with Crippen molar-refractivity contribution in [1.29, 1.82) is 0 Å². The monoisotopic (exact) mass is 288 g/mol. The second kappa shape index (κ2) is 4.50. The van der Waals surface area contributed by atoms with E-state index in [4.69, 9.17) is 11.6 Å². The summed E-state index contributed by atoms with van der Waals surface area (Å²) < 4.78 is 1.05. The fraction of sp³-hybridized carbons (Fsp3) is 0. The van der Waals surface area contributed by atoms with E-state index in [2.05, 4.69) is 10.1 Å². The molecule has 3 rings (SSSR count). The van der Waals surface area contributed by atoms with Gasteiger partial charge in [0.05, 0.1) is 17.2 Å². The van der Waals surface area contributed by atoms with Crippen LogP contribution < -0.4 is 10.7 Å². The Balaban J connectivity index is 2.27. The van der Waals surface area contributed by atoms with Crippen molar-refractivity contribution >= 4 is 23.2 Å². The van der Waals surface area contributed by atoms with E-state index in [-0.39, 0.29) is 11.2 Å². The van der Waals surface area contributed by atoms with Gasteiger partial charge in [-0.05, 0) is 12.1 Å². The third-order valence-electron chi connectivity index (χ3n) is 2.86. The van der Waals surface area contributed by atoms with Crippen LogP contribution in [0.3, 0.4) is 0 Å². The molecule has 0 fully saturated rings. The van der Waals surface area contributed by atoms with E-state index >= 15 is 0 Å². The molecule has 0 aliphatic rings. The summed E-state index contributed by atoms with van der Waals surface area (Å²) >= 11 is 5.80. The maximum Gasteiger partial charge on any atom is 0.273 e. The number of nitrogens with zero attached hydrogens (tertiary/aromatic N) is 2. The zero-order chi connectivity index (χ0) is 14.3. The summed E-state index contributed by atoms with van der Waals surface area (Å²) in [7, 11) is 0. The predicted molar refractivity (Wildman–Crippen MR) is 70.6 cm³/mol. The topological polar surface area (TPSA) is 90.3 Å². The van der Waals surface area contributed by atoms with Crippen LogP contribution in [0.25, 0.3) is 16.9 Å². The average Bonchev–Trinajstić information content (AvgIpc) is 2.84. The summed E-state index contributed by atoms with van der Waals surface area (Å²) in [5.74, 6) is -1.40. The standard InChI is InChI=1S/C13H8ClN3O3/c14-8-3-1-7(2-4-8)10-5-11(18)17-12(16-10)9(6-15-17)13(19)20/h1-6,15H,(H,19,20)/p-1. The van der Waals surface area contributed by atoms with Crippen molar-refractivity contribution in [3.05, 3.63) is 57.5 Å². The Kier molecular flexibility index (Phi) is 2.80. The number of hydrogen-bond acceptors (Lipinski definition) is 4. The molecule has 0 aliphatic heterocycles. The molecule has 20 heavy (non-hydrogen) atoms. The first-order chi connectivity index (χ1) is 9.56. The van der Waals surface area contributed by atoms with Crippen molar-refractivity contribution in [2.24, 2.45) is 0 Å². The summed E-state index contributed by atoms with van der Waals surface area (Å²) in [4.78, 5) is 27.1. The van der Waals surface area contributed by atoms with Gasteiger partial charge in [0.25, 0.3) is 5.56 Å². The number of H-pyrrole nitrogens is 1. The summed E-state index contributed by atoms with van der Waals surface area (Å²) in [5.41, 5.74) is 0.473. The largest absolute Gasteiger partial charge is 0.545 e. The Hall–Kier alpha value is -2.60. The number of halogens is 1. The van der Waals surface area contributed by atoms with Crippen LogP contribution in [-0.2, 0) is 0 Å². The number of aromatic amines is 1. The fourth-order valence-electron chi connectivity index (χ4n) is 1.90. The number of aromatic nitrogens is 3. The van der Waals surface area contributed by atoms with Crippen LogP contribution in [0.15, 0.2) is 41.3 Å². The van der Waals surface area contributed by atoms with Crippen molar-refractivity contribution < 1.29 is 9.90 Å². The SMILES string of the molecule is O=C([O-])c1c[nH]n2c(=O)cc(-c3ccc(Cl)cc3)nc12. The first-order valence-corrected chi connectivity index (χ1v) is 6.02. The minimum Gasteiger partial charge on any atom is -0.545 e. The van der Waals surface area contributed by atoms with Gasteiger partial charge in [0.15, 0.2) is 5.65 Å². The summed E-state index contributed by atoms with van der Waals surface area (Å²) in [6, 6.07) is 8.04. The second-order valence-electron chi connectivity index (χ2n) is 4.12. The highest BCUT2D eigenvalue weighted by Crippen LogP contribution is 2.19. The lowest BCUT2D eigenvalue weighted by Gasteiger charge is -2.03. The predicted octanol–water partition coefficient (Wildman–Crippen LogP) is 0.706. The number of carboxylic acid groups (broad SMARTS) is 1. The van der Waals surface area contributed by atoms with Crippen LogP contribution in [0.2, 0.25) is 5.02 Å². The molecule has 0 aliphatic carbocycles. The average molecular weight is 289 g/mol. The summed E-state index contributed by atoms with van der Waals surface area (Å²) in [5, 5.41) is 14.1. The van der Waals surface area contributed by atoms with E-state index < -0.39 is 11.5 Å². The van der Waals surface area contributed by atoms with Gasteiger partial charge in [0.2, 0.25) is 0 Å². The van der Waals surface area contributed by atoms with Crippen LogP contribution in [0.5, 0.6) is 0 Å². The van der Waals surface area contributed by atoms with E-state index in [1.807, 2.05) is 0 Å². The van der Waals surface area contributed by atoms with Gasteiger partial charge in [-0.1, -0.05) is 23.7 Å². The van der Waals surface area contributed by atoms with Gasteiger partial charge < -0.3 is 9.90 Å². The third kappa shape index (κ3) is 1.96. The lowest BCUT2D eigenvalue weighted by Crippen LogP contribution is -2.23. The first-order valence-electron chi connectivity index (χ1n) is 5.65. The number of carbonyl (C=O) groups is 1. The van der Waals surface area contributed by atoms with Crippen molar-refractivity contribution in [3.63, 3.8) is 0 Å². The highest BCUT2D eigenvalue weighted by Gasteiger charge is 2.10. The minimum absolute atomic E-state index is 0.0162. The quantitative estimate of drug-likeness (QED) is 0.752. The number of rotatable bonds is 2. The molecule has 0 amide bonds. The molecule has 1 aromatic carbocycles. The molecule has 2 aromatic heterocycles. The van der Waals surface area contributed by atoms with E-state index in [1.165, 1.54) is 12.3 Å². The second-order valence-corrected chi connectivity index (χ2v) is 4.56. The smallest absolute Gasteiger partial charge is 0.273 e. The number of aromatic carboxylic acids is 1. The molecule has 3 aromatic rings. The maximum absolute atomic E-state index is 11.9. The Morgan fingerprint density at radius 1 is 1.30 bits per heavy atom. The maximum atomic E-state index is 11.9. The molecule has 0 unspecified atom stereocenters. The zero-order valence-corrected chi connectivity index (χ0v) is 10.7. The van der Waals surface area contributed by atoms with Crippen LogP contribution >= 0.6 is 11.6 Å². The third-order valence-corrected chi connectivity index (χ3v) is 3.11. The molecule has 100 valence electrons. The van der Waals surface area contributed by atoms with Crippen molar-refractivity contribution in [3.8, 4) is 11.3 Å². The lowest BCUT2D eigenvalue weighted by molar-refractivity contribution is -0.254. The molecule has 0 radical (unpaired) electrons. The zero-order valence-electron chi connectivity index (χ0n) is 9.96. The van der Waals surface area contributed by atoms with E-state index in [9.17, 15) is 14.7 Å². The molecular weight excluding hydrogens is 282 g/mol. The summed E-state index contributed by atoms with van der Waals surface area (Å²) in [6.45, 7) is 0. The number of nitrogens with one attached hydrogen (secondary N) is 1. The number of fused-ring (bicyclic) bond motifs is 1. The molecular formula is C13H7ClN3O3-. The van der Waals surface area contributed by atoms with E-state index in [0.717, 1.165) is 4.52 Å². The summed E-state index contributed by atoms with van der Waals surface area (Å²) in [6.07, 6.45) is 1.17. The molecule has 0 saturated carbocycles. The van der Waals surface area contributed by atoms with E-state index in [0.29, 0.717) is 16.3 Å². The van der Waals surface area contributed by atoms with Gasteiger partial charge in [-0.25, -0.2) is 9.50 Å². The highest BCUT2D eigenvalue weighted by molar-refractivity contribution is 6.30. The molecule has 0 atom stereocenters. The Bertz CT molecular complexity index is 865. The first kappa shape index (κ1) is 12.4. The van der Waals surface area contributed by atoms with Crippen LogP contribution in [0.4, 0.5) is 0 Å².